The van der Waals surface area contributed by atoms with Gasteiger partial charge in [0, 0.05) is 10.6 Å². The van der Waals surface area contributed by atoms with Crippen LogP contribution in [0.4, 0.5) is 0 Å². The summed E-state index contributed by atoms with van der Waals surface area (Å²) < 4.78 is 25.6. The number of sulfonamides is 1. The Morgan fingerprint density at radius 2 is 2.08 bits per heavy atom. The van der Waals surface area contributed by atoms with Crippen LogP contribution in [-0.2, 0) is 19.7 Å². The number of hydrogen-bond acceptors (Lipinski definition) is 6. The quantitative estimate of drug-likeness (QED) is 0.442. The summed E-state index contributed by atoms with van der Waals surface area (Å²) in [7, 11) is -2.44. The number of hydrogen-bond donors (Lipinski definition) is 1. The zero-order valence-corrected chi connectivity index (χ0v) is 17.8. The third kappa shape index (κ3) is 6.62. The van der Waals surface area contributed by atoms with Crippen LogP contribution in [0.1, 0.15) is 12.0 Å². The van der Waals surface area contributed by atoms with Gasteiger partial charge in [-0.2, -0.15) is 16.1 Å². The average Bonchev–Trinajstić information content (AvgIpc) is 2.52. The van der Waals surface area contributed by atoms with Crippen molar-refractivity contribution >= 4 is 56.6 Å². The van der Waals surface area contributed by atoms with Crippen molar-refractivity contribution in [3.05, 3.63) is 33.8 Å². The highest BCUT2D eigenvalue weighted by molar-refractivity contribution is 7.98. The smallest absolute Gasteiger partial charge is 0.235 e. The Labute approximate surface area is 167 Å². The van der Waals surface area contributed by atoms with Gasteiger partial charge in [-0.1, -0.05) is 28.4 Å². The van der Waals surface area contributed by atoms with Crippen LogP contribution in [0.5, 0.6) is 0 Å². The third-order valence-corrected chi connectivity index (χ3v) is 5.87. The van der Waals surface area contributed by atoms with Gasteiger partial charge in [-0.25, -0.2) is 8.42 Å². The number of primary amides is 1. The zero-order chi connectivity index (χ0) is 19.9. The van der Waals surface area contributed by atoms with Gasteiger partial charge in [0.05, 0.1) is 17.8 Å². The van der Waals surface area contributed by atoms with Crippen LogP contribution in [0.15, 0.2) is 23.4 Å². The van der Waals surface area contributed by atoms with Crippen molar-refractivity contribution in [2.75, 3.05) is 31.9 Å². The van der Waals surface area contributed by atoms with Crippen molar-refractivity contribution in [1.29, 1.82) is 0 Å². The first-order valence-electron chi connectivity index (χ1n) is 7.42. The molecule has 1 rings (SSSR count). The highest BCUT2D eigenvalue weighted by Crippen LogP contribution is 2.23. The first-order valence-corrected chi connectivity index (χ1v) is 11.4. The van der Waals surface area contributed by atoms with E-state index in [-0.39, 0.29) is 23.7 Å². The number of nitrogens with two attached hydrogens (primary N) is 1. The number of rotatable bonds is 10. The van der Waals surface area contributed by atoms with E-state index < -0.39 is 22.0 Å². The molecule has 0 aromatic heterocycles. The van der Waals surface area contributed by atoms with Crippen LogP contribution in [0.3, 0.4) is 0 Å². The fourth-order valence-electron chi connectivity index (χ4n) is 2.26. The van der Waals surface area contributed by atoms with E-state index in [1.807, 2.05) is 6.26 Å². The molecule has 1 amide bonds. The predicted molar refractivity (Wildman–Crippen MR) is 108 cm³/mol. The minimum absolute atomic E-state index is 0.226. The molecule has 0 bridgehead atoms. The van der Waals surface area contributed by atoms with Crippen LogP contribution in [-0.4, -0.2) is 62.3 Å². The minimum Gasteiger partial charge on any atom is -0.399 e. The van der Waals surface area contributed by atoms with E-state index in [0.29, 0.717) is 16.3 Å². The Morgan fingerprint density at radius 1 is 1.42 bits per heavy atom. The lowest BCUT2D eigenvalue weighted by atomic mass is 10.1. The summed E-state index contributed by atoms with van der Waals surface area (Å²) in [6.45, 7) is -0.226. The lowest BCUT2D eigenvalue weighted by molar-refractivity contribution is -0.121. The molecule has 1 unspecified atom stereocenters. The Bertz CT molecular complexity index is 772. The maximum absolute atomic E-state index is 12.3. The zero-order valence-electron chi connectivity index (χ0n) is 14.6. The maximum atomic E-state index is 12.3. The molecule has 0 heterocycles. The summed E-state index contributed by atoms with van der Waals surface area (Å²) in [6, 6.07) is 3.70. The minimum atomic E-state index is -3.76. The molecular formula is C15H21Cl2N3O4S2. The number of thioether (sulfide) groups is 1. The molecule has 11 heteroatoms. The fourth-order valence-corrected chi connectivity index (χ4v) is 4.27. The summed E-state index contributed by atoms with van der Waals surface area (Å²) in [6.07, 6.45) is 3.14. The van der Waals surface area contributed by atoms with E-state index >= 15 is 0 Å². The molecule has 0 spiro atoms. The van der Waals surface area contributed by atoms with Gasteiger partial charge >= 0.3 is 0 Å². The molecule has 7 nitrogen and oxygen atoms in total. The van der Waals surface area contributed by atoms with Crippen LogP contribution in [0, 0.1) is 0 Å². The lowest BCUT2D eigenvalue weighted by Crippen LogP contribution is -2.50. The highest BCUT2D eigenvalue weighted by Gasteiger charge is 2.32. The molecule has 0 radical (unpaired) electrons. The number of carbonyl (C=O) groups excluding carboxylic acids is 1. The summed E-state index contributed by atoms with van der Waals surface area (Å²) in [5.41, 5.74) is 6.12. The van der Waals surface area contributed by atoms with Crippen LogP contribution in [0.2, 0.25) is 10.0 Å². The number of amides is 1. The van der Waals surface area contributed by atoms with Crippen LogP contribution in [0.25, 0.3) is 0 Å². The number of halogens is 2. The Kier molecular flexibility index (Phi) is 9.18. The van der Waals surface area contributed by atoms with Gasteiger partial charge in [0.1, 0.15) is 18.9 Å². The molecule has 1 aromatic rings. The summed E-state index contributed by atoms with van der Waals surface area (Å²) >= 11 is 13.6. The molecule has 0 aliphatic rings. The normalized spacial score (nSPS) is 13.7. The molecule has 0 saturated carbocycles. The van der Waals surface area contributed by atoms with Gasteiger partial charge in [0.25, 0.3) is 0 Å². The van der Waals surface area contributed by atoms with E-state index in [0.717, 1.165) is 10.6 Å². The van der Waals surface area contributed by atoms with Crippen molar-refractivity contribution in [3.63, 3.8) is 0 Å². The number of benzene rings is 1. The van der Waals surface area contributed by atoms with Crippen molar-refractivity contribution in [3.8, 4) is 0 Å². The van der Waals surface area contributed by atoms with Gasteiger partial charge in [-0.15, -0.1) is 0 Å². The highest BCUT2D eigenvalue weighted by atomic mass is 35.5. The van der Waals surface area contributed by atoms with Gasteiger partial charge in [-0.05, 0) is 36.6 Å². The van der Waals surface area contributed by atoms with E-state index in [1.165, 1.54) is 24.9 Å². The molecule has 0 aliphatic carbocycles. The first-order chi connectivity index (χ1) is 12.1. The standard InChI is InChI=1S/C15H21Cl2N3O4S2/c1-24-19-13(11-5-4-10(16)8-12(11)17)9-20(26(3,22)23)14(15(18)21)6-7-25-2/h4-5,8,14H,6-7,9H2,1-3H3,(H2,18,21)/b19-13-. The van der Waals surface area contributed by atoms with E-state index in [4.69, 9.17) is 33.8 Å². The second kappa shape index (κ2) is 10.4. The number of oxime groups is 1. The predicted octanol–water partition coefficient (Wildman–Crippen LogP) is 2.21. The second-order valence-corrected chi connectivity index (χ2v) is 9.12. The van der Waals surface area contributed by atoms with Gasteiger partial charge in [0.2, 0.25) is 15.9 Å². The van der Waals surface area contributed by atoms with Crippen LogP contribution >= 0.6 is 35.0 Å². The van der Waals surface area contributed by atoms with Gasteiger partial charge in [-0.3, -0.25) is 4.79 Å². The SMILES string of the molecule is CO/N=C(/CN(C(CCSC)C(N)=O)S(C)(=O)=O)c1ccc(Cl)cc1Cl. The van der Waals surface area contributed by atoms with Crippen LogP contribution < -0.4 is 5.73 Å². The molecule has 1 aromatic carbocycles. The van der Waals surface area contributed by atoms with Crippen molar-refractivity contribution in [2.24, 2.45) is 10.9 Å². The number of nitrogens with zero attached hydrogens (tertiary/aromatic N) is 2. The molecule has 0 fully saturated rings. The first kappa shape index (κ1) is 23.0. The largest absolute Gasteiger partial charge is 0.399 e. The molecule has 0 aliphatic heterocycles. The number of carbonyl (C=O) groups is 1. The topological polar surface area (TPSA) is 102 Å². The van der Waals surface area contributed by atoms with E-state index in [2.05, 4.69) is 5.16 Å². The van der Waals surface area contributed by atoms with Gasteiger partial charge < -0.3 is 10.6 Å². The summed E-state index contributed by atoms with van der Waals surface area (Å²) in [5.74, 6) is -0.165. The van der Waals surface area contributed by atoms with E-state index in [9.17, 15) is 13.2 Å². The Morgan fingerprint density at radius 3 is 2.54 bits per heavy atom. The third-order valence-electron chi connectivity index (χ3n) is 3.45. The summed E-state index contributed by atoms with van der Waals surface area (Å²) in [4.78, 5) is 16.7. The van der Waals surface area contributed by atoms with Crippen molar-refractivity contribution < 1.29 is 18.0 Å². The van der Waals surface area contributed by atoms with E-state index in [1.54, 1.807) is 12.1 Å². The summed E-state index contributed by atoms with van der Waals surface area (Å²) in [5, 5.41) is 4.59. The molecule has 26 heavy (non-hydrogen) atoms. The average molecular weight is 442 g/mol. The molecule has 1 atom stereocenters. The van der Waals surface area contributed by atoms with Crippen molar-refractivity contribution in [2.45, 2.75) is 12.5 Å². The monoisotopic (exact) mass is 441 g/mol. The Hall–Kier alpha value is -1.000. The molecule has 146 valence electrons. The van der Waals surface area contributed by atoms with Gasteiger partial charge in [0.15, 0.2) is 0 Å². The molecule has 2 N–H and O–H groups in total. The van der Waals surface area contributed by atoms with Crippen molar-refractivity contribution in [1.82, 2.24) is 4.31 Å². The molecular weight excluding hydrogens is 421 g/mol. The Balaban J connectivity index is 3.33. The fraction of sp³-hybridized carbons (Fsp3) is 0.467. The lowest BCUT2D eigenvalue weighted by Gasteiger charge is -2.27. The molecule has 0 saturated heterocycles. The maximum Gasteiger partial charge on any atom is 0.235 e. The second-order valence-electron chi connectivity index (χ2n) is 5.35.